The molecule has 0 amide bonds. The summed E-state index contributed by atoms with van der Waals surface area (Å²) in [4.78, 5) is 4.15. The van der Waals surface area contributed by atoms with Gasteiger partial charge in [-0.3, -0.25) is 4.98 Å². The van der Waals surface area contributed by atoms with Gasteiger partial charge in [0.1, 0.15) is 6.61 Å². The van der Waals surface area contributed by atoms with Crippen molar-refractivity contribution >= 4 is 32.4 Å². The monoisotopic (exact) mass is 286 g/mol. The van der Waals surface area contributed by atoms with Crippen LogP contribution in [-0.2, 0) is 6.61 Å². The smallest absolute Gasteiger partial charge is 0.296 e. The second-order valence-corrected chi connectivity index (χ2v) is 4.55. The van der Waals surface area contributed by atoms with Crippen molar-refractivity contribution in [3.63, 3.8) is 0 Å². The predicted octanol–water partition coefficient (Wildman–Crippen LogP) is 1.86. The number of halogens is 1. The lowest BCUT2D eigenvalue weighted by atomic mass is 10.4. The van der Waals surface area contributed by atoms with Crippen molar-refractivity contribution in [2.24, 2.45) is 0 Å². The maximum atomic E-state index is 5.41. The van der Waals surface area contributed by atoms with E-state index in [1.807, 2.05) is 12.1 Å². The number of nitrogen functional groups attached to an aromatic ring is 1. The number of pyridine rings is 1. The summed E-state index contributed by atoms with van der Waals surface area (Å²) in [6, 6.07) is 3.77. The summed E-state index contributed by atoms with van der Waals surface area (Å²) in [6.07, 6.45) is 1.72. The highest BCUT2D eigenvalue weighted by molar-refractivity contribution is 9.10. The van der Waals surface area contributed by atoms with Gasteiger partial charge < -0.3 is 10.5 Å². The first-order valence-electron chi connectivity index (χ1n) is 4.06. The van der Waals surface area contributed by atoms with Gasteiger partial charge in [-0.05, 0) is 39.4 Å². The maximum absolute atomic E-state index is 5.41. The van der Waals surface area contributed by atoms with E-state index in [2.05, 4.69) is 31.1 Å². The number of rotatable bonds is 3. The fraction of sp³-hybridized carbons (Fsp3) is 0.125. The van der Waals surface area contributed by atoms with E-state index >= 15 is 0 Å². The van der Waals surface area contributed by atoms with Gasteiger partial charge in [-0.25, -0.2) is 0 Å². The average molecular weight is 287 g/mol. The SMILES string of the molecule is Nc1nnc(OCc2ccc(Br)cn2)s1. The molecule has 7 heteroatoms. The molecule has 5 nitrogen and oxygen atoms in total. The number of hydrogen-bond donors (Lipinski definition) is 1. The lowest BCUT2D eigenvalue weighted by molar-refractivity contribution is 0.297. The van der Waals surface area contributed by atoms with E-state index in [-0.39, 0.29) is 0 Å². The zero-order valence-electron chi connectivity index (χ0n) is 7.55. The maximum Gasteiger partial charge on any atom is 0.296 e. The van der Waals surface area contributed by atoms with Crippen molar-refractivity contribution in [2.45, 2.75) is 6.61 Å². The Hall–Kier alpha value is -1.21. The lowest BCUT2D eigenvalue weighted by Gasteiger charge is -2.00. The topological polar surface area (TPSA) is 73.9 Å². The molecule has 2 aromatic rings. The molecule has 0 saturated heterocycles. The van der Waals surface area contributed by atoms with Crippen LogP contribution in [-0.4, -0.2) is 15.2 Å². The molecule has 2 N–H and O–H groups in total. The van der Waals surface area contributed by atoms with Crippen LogP contribution >= 0.6 is 27.3 Å². The van der Waals surface area contributed by atoms with Gasteiger partial charge in [0.2, 0.25) is 5.13 Å². The molecule has 0 spiro atoms. The molecule has 0 aromatic carbocycles. The Balaban J connectivity index is 1.96. The fourth-order valence-corrected chi connectivity index (χ4v) is 1.60. The van der Waals surface area contributed by atoms with Gasteiger partial charge in [0.05, 0.1) is 5.69 Å². The van der Waals surface area contributed by atoms with Gasteiger partial charge in [-0.2, -0.15) is 0 Å². The van der Waals surface area contributed by atoms with Crippen LogP contribution in [0.1, 0.15) is 5.69 Å². The number of ether oxygens (including phenoxy) is 1. The molecule has 0 radical (unpaired) electrons. The molecule has 0 aliphatic carbocycles. The number of aromatic nitrogens is 3. The van der Waals surface area contributed by atoms with E-state index in [9.17, 15) is 0 Å². The summed E-state index contributed by atoms with van der Waals surface area (Å²) in [7, 11) is 0. The second kappa shape index (κ2) is 4.54. The van der Waals surface area contributed by atoms with Crippen molar-refractivity contribution in [3.8, 4) is 5.19 Å². The summed E-state index contributed by atoms with van der Waals surface area (Å²) < 4.78 is 6.28. The van der Waals surface area contributed by atoms with Crippen LogP contribution < -0.4 is 10.5 Å². The first-order valence-corrected chi connectivity index (χ1v) is 5.67. The highest BCUT2D eigenvalue weighted by Gasteiger charge is 2.02. The third-order valence-electron chi connectivity index (χ3n) is 1.55. The lowest BCUT2D eigenvalue weighted by Crippen LogP contribution is -1.97. The van der Waals surface area contributed by atoms with E-state index in [0.29, 0.717) is 16.9 Å². The van der Waals surface area contributed by atoms with Crippen LogP contribution in [0, 0.1) is 0 Å². The van der Waals surface area contributed by atoms with Crippen molar-refractivity contribution in [1.29, 1.82) is 0 Å². The predicted molar refractivity (Wildman–Crippen MR) is 60.6 cm³/mol. The third kappa shape index (κ3) is 2.87. The van der Waals surface area contributed by atoms with Crippen LogP contribution in [0.4, 0.5) is 5.13 Å². The van der Waals surface area contributed by atoms with Crippen LogP contribution in [0.2, 0.25) is 0 Å². The number of anilines is 1. The largest absolute Gasteiger partial charge is 0.462 e. The minimum Gasteiger partial charge on any atom is -0.462 e. The second-order valence-electron chi connectivity index (χ2n) is 2.66. The number of nitrogens with zero attached hydrogens (tertiary/aromatic N) is 3. The van der Waals surface area contributed by atoms with Crippen molar-refractivity contribution < 1.29 is 4.74 Å². The number of hydrogen-bond acceptors (Lipinski definition) is 6. The molecular formula is C8H7BrN4OS. The summed E-state index contributed by atoms with van der Waals surface area (Å²) in [6.45, 7) is 0.363. The van der Waals surface area contributed by atoms with Crippen molar-refractivity contribution in [1.82, 2.24) is 15.2 Å². The highest BCUT2D eigenvalue weighted by Crippen LogP contribution is 2.20. The van der Waals surface area contributed by atoms with Gasteiger partial charge in [-0.15, -0.1) is 5.10 Å². The molecule has 0 atom stereocenters. The van der Waals surface area contributed by atoms with E-state index < -0.39 is 0 Å². The van der Waals surface area contributed by atoms with Gasteiger partial charge in [0.25, 0.3) is 5.19 Å². The molecular weight excluding hydrogens is 280 g/mol. The van der Waals surface area contributed by atoms with Crippen LogP contribution in [0.15, 0.2) is 22.8 Å². The molecule has 15 heavy (non-hydrogen) atoms. The molecule has 0 aliphatic rings. The standard InChI is InChI=1S/C8H7BrN4OS/c9-5-1-2-6(11-3-5)4-14-8-13-12-7(10)15-8/h1-3H,4H2,(H2,10,12). The molecule has 2 aromatic heterocycles. The van der Waals surface area contributed by atoms with Crippen LogP contribution in [0.25, 0.3) is 0 Å². The molecule has 0 bridgehead atoms. The Bertz CT molecular complexity index is 444. The zero-order valence-corrected chi connectivity index (χ0v) is 9.96. The van der Waals surface area contributed by atoms with E-state index in [1.54, 1.807) is 6.20 Å². The summed E-state index contributed by atoms with van der Waals surface area (Å²) >= 11 is 4.51. The normalized spacial score (nSPS) is 10.2. The minimum absolute atomic E-state index is 0.363. The molecule has 0 fully saturated rings. The quantitative estimate of drug-likeness (QED) is 0.932. The molecule has 2 rings (SSSR count). The first-order chi connectivity index (χ1) is 7.24. The van der Waals surface area contributed by atoms with Crippen molar-refractivity contribution in [2.75, 3.05) is 5.73 Å². The average Bonchev–Trinajstić information content (AvgIpc) is 2.64. The summed E-state index contributed by atoms with van der Waals surface area (Å²) in [5, 5.41) is 8.22. The molecule has 2 heterocycles. The Morgan fingerprint density at radius 2 is 2.27 bits per heavy atom. The number of nitrogens with two attached hydrogens (primary N) is 1. The fourth-order valence-electron chi connectivity index (χ4n) is 0.906. The van der Waals surface area contributed by atoms with Crippen LogP contribution in [0.5, 0.6) is 5.19 Å². The van der Waals surface area contributed by atoms with Gasteiger partial charge in [0.15, 0.2) is 0 Å². The molecule has 0 saturated carbocycles. The highest BCUT2D eigenvalue weighted by atomic mass is 79.9. The third-order valence-corrected chi connectivity index (χ3v) is 2.69. The minimum atomic E-state index is 0.363. The molecule has 78 valence electrons. The van der Waals surface area contributed by atoms with Gasteiger partial charge >= 0.3 is 0 Å². The molecule has 0 unspecified atom stereocenters. The Morgan fingerprint density at radius 1 is 1.40 bits per heavy atom. The van der Waals surface area contributed by atoms with Gasteiger partial charge in [-0.1, -0.05) is 5.10 Å². The Kier molecular flexibility index (Phi) is 3.12. The van der Waals surface area contributed by atoms with E-state index in [1.165, 1.54) is 11.3 Å². The van der Waals surface area contributed by atoms with E-state index in [0.717, 1.165) is 10.2 Å². The summed E-state index contributed by atoms with van der Waals surface area (Å²) in [5.41, 5.74) is 6.24. The van der Waals surface area contributed by atoms with E-state index in [4.69, 9.17) is 10.5 Å². The van der Waals surface area contributed by atoms with Gasteiger partial charge in [0, 0.05) is 10.7 Å². The zero-order chi connectivity index (χ0) is 10.7. The first kappa shape index (κ1) is 10.3. The molecule has 0 aliphatic heterocycles. The summed E-state index contributed by atoms with van der Waals surface area (Å²) in [5.74, 6) is 0. The Labute approximate surface area is 98.4 Å². The van der Waals surface area contributed by atoms with Crippen molar-refractivity contribution in [3.05, 3.63) is 28.5 Å². The Morgan fingerprint density at radius 3 is 2.87 bits per heavy atom. The van der Waals surface area contributed by atoms with Crippen LogP contribution in [0.3, 0.4) is 0 Å².